The van der Waals surface area contributed by atoms with Gasteiger partial charge in [0.1, 0.15) is 11.4 Å². The number of methoxy groups -OCH3 is 1. The molecule has 3 aromatic rings. The minimum atomic E-state index is -0.746. The van der Waals surface area contributed by atoms with Gasteiger partial charge in [-0.3, -0.25) is 4.79 Å². The van der Waals surface area contributed by atoms with Crippen molar-refractivity contribution in [2.24, 2.45) is 0 Å². The lowest BCUT2D eigenvalue weighted by Gasteiger charge is -2.08. The van der Waals surface area contributed by atoms with E-state index in [1.807, 2.05) is 0 Å². The first-order valence-electron chi connectivity index (χ1n) is 7.63. The molecule has 3 rings (SSSR count). The summed E-state index contributed by atoms with van der Waals surface area (Å²) in [5.41, 5.74) is 0.674. The van der Waals surface area contributed by atoms with Gasteiger partial charge < -0.3 is 14.5 Å². The molecular weight excluding hydrogens is 325 g/mol. The molecule has 0 aliphatic rings. The highest BCUT2D eigenvalue weighted by molar-refractivity contribution is 5.97. The van der Waals surface area contributed by atoms with Crippen molar-refractivity contribution in [1.29, 1.82) is 0 Å². The van der Waals surface area contributed by atoms with Crippen LogP contribution in [-0.4, -0.2) is 13.0 Å². The number of carbonyl (C=O) groups is 1. The quantitative estimate of drug-likeness (QED) is 0.740. The highest BCUT2D eigenvalue weighted by Gasteiger charge is 2.15. The zero-order valence-electron chi connectivity index (χ0n) is 13.8. The predicted molar refractivity (Wildman–Crippen MR) is 91.3 cm³/mol. The number of amides is 1. The first-order chi connectivity index (χ1) is 12.0. The topological polar surface area (TPSA) is 68.5 Å². The Labute approximate surface area is 143 Å². The Morgan fingerprint density at radius 3 is 2.76 bits per heavy atom. The molecule has 0 bridgehead atoms. The fraction of sp³-hybridized carbons (Fsp3) is 0.158. The Balaban J connectivity index is 1.85. The van der Waals surface area contributed by atoms with Crippen LogP contribution in [0.2, 0.25) is 0 Å². The van der Waals surface area contributed by atoms with Crippen LogP contribution in [0.3, 0.4) is 0 Å². The van der Waals surface area contributed by atoms with Gasteiger partial charge in [-0.05, 0) is 36.2 Å². The summed E-state index contributed by atoms with van der Waals surface area (Å²) in [6.45, 7) is 1.82. The Hall–Kier alpha value is -3.15. The van der Waals surface area contributed by atoms with E-state index in [9.17, 15) is 14.0 Å². The Morgan fingerprint density at radius 1 is 1.24 bits per heavy atom. The first-order valence-corrected chi connectivity index (χ1v) is 7.63. The van der Waals surface area contributed by atoms with Crippen LogP contribution in [0, 0.1) is 12.7 Å². The average molecular weight is 341 g/mol. The van der Waals surface area contributed by atoms with Crippen molar-refractivity contribution in [3.8, 4) is 5.75 Å². The molecule has 6 heteroatoms. The number of ether oxygens (including phenoxy) is 1. The van der Waals surface area contributed by atoms with Gasteiger partial charge in [-0.25, -0.2) is 9.18 Å². The molecule has 0 radical (unpaired) electrons. The molecule has 0 saturated heterocycles. The minimum absolute atomic E-state index is 0.0976. The van der Waals surface area contributed by atoms with Crippen LogP contribution in [0.25, 0.3) is 11.0 Å². The van der Waals surface area contributed by atoms with Crippen molar-refractivity contribution >= 4 is 16.9 Å². The van der Waals surface area contributed by atoms with E-state index in [-0.39, 0.29) is 17.9 Å². The highest BCUT2D eigenvalue weighted by Crippen LogP contribution is 2.24. The number of nitrogens with one attached hydrogen (secondary N) is 1. The lowest BCUT2D eigenvalue weighted by Crippen LogP contribution is -2.27. The fourth-order valence-corrected chi connectivity index (χ4v) is 2.53. The Morgan fingerprint density at radius 2 is 2.04 bits per heavy atom. The van der Waals surface area contributed by atoms with Crippen LogP contribution in [0.5, 0.6) is 5.75 Å². The lowest BCUT2D eigenvalue weighted by molar-refractivity contribution is 0.0947. The van der Waals surface area contributed by atoms with Gasteiger partial charge in [-0.1, -0.05) is 24.3 Å². The van der Waals surface area contributed by atoms with Crippen LogP contribution in [0.1, 0.15) is 21.5 Å². The molecule has 0 atom stereocenters. The number of halogens is 1. The summed E-state index contributed by atoms with van der Waals surface area (Å²) >= 11 is 0. The average Bonchev–Trinajstić information content (AvgIpc) is 2.61. The molecule has 0 aliphatic carbocycles. The summed E-state index contributed by atoms with van der Waals surface area (Å²) in [7, 11) is 1.47. The van der Waals surface area contributed by atoms with Crippen molar-refractivity contribution in [2.75, 3.05) is 7.11 Å². The number of hydrogen-bond acceptors (Lipinski definition) is 4. The molecule has 1 amide bonds. The number of para-hydroxylation sites is 1. The van der Waals surface area contributed by atoms with Crippen molar-refractivity contribution < 1.29 is 18.3 Å². The van der Waals surface area contributed by atoms with E-state index in [1.165, 1.54) is 19.2 Å². The summed E-state index contributed by atoms with van der Waals surface area (Å²) in [5.74, 6) is -0.442. The number of fused-ring (bicyclic) bond motifs is 1. The Bertz CT molecular complexity index is 1010. The second-order valence-corrected chi connectivity index (χ2v) is 5.59. The van der Waals surface area contributed by atoms with Crippen LogP contribution in [-0.2, 0) is 6.54 Å². The van der Waals surface area contributed by atoms with Crippen molar-refractivity contribution in [2.45, 2.75) is 13.5 Å². The van der Waals surface area contributed by atoms with Gasteiger partial charge in [0.15, 0.2) is 11.3 Å². The number of carbonyl (C=O) groups excluding carboxylic acids is 1. The maximum Gasteiger partial charge on any atom is 0.349 e. The van der Waals surface area contributed by atoms with E-state index in [1.54, 1.807) is 37.3 Å². The molecule has 2 aromatic carbocycles. The molecule has 0 aliphatic heterocycles. The third-order valence-electron chi connectivity index (χ3n) is 3.86. The normalized spacial score (nSPS) is 10.7. The molecular formula is C19H16FNO4. The van der Waals surface area contributed by atoms with E-state index in [0.717, 1.165) is 5.56 Å². The van der Waals surface area contributed by atoms with Gasteiger partial charge in [-0.2, -0.15) is 0 Å². The molecule has 0 fully saturated rings. The van der Waals surface area contributed by atoms with Crippen molar-refractivity contribution in [1.82, 2.24) is 5.32 Å². The second kappa shape index (κ2) is 6.76. The van der Waals surface area contributed by atoms with Gasteiger partial charge in [0, 0.05) is 11.9 Å². The van der Waals surface area contributed by atoms with Crippen LogP contribution in [0.4, 0.5) is 4.39 Å². The van der Waals surface area contributed by atoms with Crippen LogP contribution >= 0.6 is 0 Å². The van der Waals surface area contributed by atoms with Gasteiger partial charge in [-0.15, -0.1) is 0 Å². The van der Waals surface area contributed by atoms with Gasteiger partial charge in [0.25, 0.3) is 5.91 Å². The molecule has 128 valence electrons. The molecule has 25 heavy (non-hydrogen) atoms. The van der Waals surface area contributed by atoms with E-state index >= 15 is 0 Å². The third kappa shape index (κ3) is 3.38. The predicted octanol–water partition coefficient (Wildman–Crippen LogP) is 3.18. The monoisotopic (exact) mass is 341 g/mol. The summed E-state index contributed by atoms with van der Waals surface area (Å²) in [4.78, 5) is 24.4. The van der Waals surface area contributed by atoms with Gasteiger partial charge in [0.05, 0.1) is 7.11 Å². The largest absolute Gasteiger partial charge is 0.493 e. The lowest BCUT2D eigenvalue weighted by atomic mass is 10.1. The first kappa shape index (κ1) is 16.7. The maximum atomic E-state index is 13.3. The number of aryl methyl sites for hydroxylation is 1. The van der Waals surface area contributed by atoms with Crippen molar-refractivity contribution in [3.05, 3.63) is 75.4 Å². The molecule has 1 heterocycles. The van der Waals surface area contributed by atoms with E-state index < -0.39 is 11.5 Å². The minimum Gasteiger partial charge on any atom is -0.493 e. The maximum absolute atomic E-state index is 13.3. The van der Waals surface area contributed by atoms with E-state index in [0.29, 0.717) is 22.3 Å². The standard InChI is InChI=1S/C19H16FNO4/c1-11-8-12(6-7-15(11)20)10-21-18(22)14-9-13-4-3-5-16(24-2)17(13)25-19(14)23/h3-9H,10H2,1-2H3,(H,21,22). The summed E-state index contributed by atoms with van der Waals surface area (Å²) in [6, 6.07) is 11.2. The highest BCUT2D eigenvalue weighted by atomic mass is 19.1. The van der Waals surface area contributed by atoms with Crippen molar-refractivity contribution in [3.63, 3.8) is 0 Å². The molecule has 0 unspecified atom stereocenters. The van der Waals surface area contributed by atoms with Crippen LogP contribution in [0.15, 0.2) is 51.7 Å². The SMILES string of the molecule is COc1cccc2cc(C(=O)NCc3ccc(F)c(C)c3)c(=O)oc12. The smallest absolute Gasteiger partial charge is 0.349 e. The summed E-state index contributed by atoms with van der Waals surface area (Å²) < 4.78 is 23.7. The Kier molecular flexibility index (Phi) is 4.52. The van der Waals surface area contributed by atoms with E-state index in [4.69, 9.17) is 9.15 Å². The molecule has 1 N–H and O–H groups in total. The molecule has 0 saturated carbocycles. The third-order valence-corrected chi connectivity index (χ3v) is 3.86. The zero-order chi connectivity index (χ0) is 18.0. The second-order valence-electron chi connectivity index (χ2n) is 5.59. The molecule has 1 aromatic heterocycles. The van der Waals surface area contributed by atoms with E-state index in [2.05, 4.69) is 5.32 Å². The number of benzene rings is 2. The van der Waals surface area contributed by atoms with Crippen LogP contribution < -0.4 is 15.7 Å². The van der Waals surface area contributed by atoms with Gasteiger partial charge >= 0.3 is 5.63 Å². The van der Waals surface area contributed by atoms with Gasteiger partial charge in [0.2, 0.25) is 0 Å². The zero-order valence-corrected chi connectivity index (χ0v) is 13.8. The summed E-state index contributed by atoms with van der Waals surface area (Å²) in [6.07, 6.45) is 0. The number of rotatable bonds is 4. The number of hydrogen-bond donors (Lipinski definition) is 1. The molecule has 5 nitrogen and oxygen atoms in total. The molecule has 0 spiro atoms. The fourth-order valence-electron chi connectivity index (χ4n) is 2.53. The summed E-state index contributed by atoms with van der Waals surface area (Å²) in [5, 5.41) is 3.23.